The molecule has 0 radical (unpaired) electrons. The summed E-state index contributed by atoms with van der Waals surface area (Å²) in [5.74, 6) is 3.87. The first-order chi connectivity index (χ1) is 24.3. The fourth-order valence-electron chi connectivity index (χ4n) is 7.94. The quantitative estimate of drug-likeness (QED) is 0.227. The number of amides is 2. The molecule has 4 heterocycles. The third kappa shape index (κ3) is 8.14. The molecule has 0 N–H and O–H groups in total. The highest BCUT2D eigenvalue weighted by Gasteiger charge is 2.35. The molecule has 3 aromatic heterocycles. The van der Waals surface area contributed by atoms with Crippen molar-refractivity contribution in [1.29, 1.82) is 0 Å². The number of oxazole rings is 1. The Bertz CT molecular complexity index is 1620. The van der Waals surface area contributed by atoms with Gasteiger partial charge in [0.15, 0.2) is 5.89 Å². The number of pyridine rings is 2. The number of rotatable bonds is 10. The third-order valence-electron chi connectivity index (χ3n) is 11.4. The van der Waals surface area contributed by atoms with Gasteiger partial charge in [-0.15, -0.1) is 0 Å². The van der Waals surface area contributed by atoms with Crippen LogP contribution in [0.2, 0.25) is 0 Å². The average molecular weight is 685 g/mol. The maximum atomic E-state index is 14.4. The topological polar surface area (TPSA) is 114 Å². The van der Waals surface area contributed by atoms with Crippen LogP contribution in [0.25, 0.3) is 11.3 Å². The van der Waals surface area contributed by atoms with Gasteiger partial charge in [-0.05, 0) is 114 Å². The Labute approximate surface area is 295 Å². The first kappa shape index (κ1) is 34.5. The molecule has 0 spiro atoms. The highest BCUT2D eigenvalue weighted by atomic mass is 16.6. The minimum Gasteiger partial charge on any atom is -0.495 e. The van der Waals surface area contributed by atoms with Gasteiger partial charge < -0.3 is 23.7 Å². The summed E-state index contributed by atoms with van der Waals surface area (Å²) in [5, 5.41) is 0. The number of carbonyl (C=O) groups is 2. The highest BCUT2D eigenvalue weighted by Crippen LogP contribution is 2.41. The Kier molecular flexibility index (Phi) is 10.7. The summed E-state index contributed by atoms with van der Waals surface area (Å²) < 4.78 is 17.0. The Morgan fingerprint density at radius 3 is 2.32 bits per heavy atom. The summed E-state index contributed by atoms with van der Waals surface area (Å²) in [6.07, 6.45) is 13.0. The lowest BCUT2D eigenvalue weighted by atomic mass is 9.79. The number of nitrogens with zero attached hydrogens (tertiary/aromatic N) is 6. The fraction of sp³-hybridized carbons (Fsp3) is 0.615. The maximum absolute atomic E-state index is 14.4. The predicted molar refractivity (Wildman–Crippen MR) is 190 cm³/mol. The second-order valence-electron chi connectivity index (χ2n) is 15.0. The number of aromatic nitrogens is 3. The zero-order valence-electron chi connectivity index (χ0n) is 29.9. The first-order valence-electron chi connectivity index (χ1n) is 18.7. The van der Waals surface area contributed by atoms with Crippen molar-refractivity contribution in [3.63, 3.8) is 0 Å². The van der Waals surface area contributed by atoms with E-state index < -0.39 is 0 Å². The van der Waals surface area contributed by atoms with Crippen molar-refractivity contribution in [1.82, 2.24) is 24.8 Å². The number of ether oxygens (including phenoxy) is 2. The van der Waals surface area contributed by atoms with Gasteiger partial charge in [0.2, 0.25) is 5.91 Å². The molecule has 1 aliphatic heterocycles. The number of anilines is 1. The number of carbonyl (C=O) groups excluding carboxylic acids is 2. The lowest BCUT2D eigenvalue weighted by molar-refractivity contribution is -0.124. The van der Waals surface area contributed by atoms with Gasteiger partial charge >= 0.3 is 6.09 Å². The van der Waals surface area contributed by atoms with Gasteiger partial charge in [0.05, 0.1) is 19.4 Å². The molecule has 0 aromatic carbocycles. The van der Waals surface area contributed by atoms with E-state index in [0.717, 1.165) is 112 Å². The van der Waals surface area contributed by atoms with E-state index in [1.165, 1.54) is 0 Å². The fourth-order valence-corrected chi connectivity index (χ4v) is 7.94. The molecule has 0 atom stereocenters. The molecule has 3 saturated carbocycles. The smallest absolute Gasteiger partial charge is 0.409 e. The van der Waals surface area contributed by atoms with E-state index in [-0.39, 0.29) is 23.8 Å². The lowest BCUT2D eigenvalue weighted by Gasteiger charge is -2.36. The minimum absolute atomic E-state index is 0.0821. The van der Waals surface area contributed by atoms with Gasteiger partial charge in [-0.25, -0.2) is 14.8 Å². The van der Waals surface area contributed by atoms with Crippen LogP contribution in [0.15, 0.2) is 41.1 Å². The van der Waals surface area contributed by atoms with Gasteiger partial charge in [0.25, 0.3) is 0 Å². The van der Waals surface area contributed by atoms with Gasteiger partial charge in [-0.1, -0.05) is 0 Å². The van der Waals surface area contributed by atoms with E-state index in [1.54, 1.807) is 19.6 Å². The standard InChI is InChI=1S/C39H52N6O5/c1-26-35(48-3)15-14-33(41-26)29-8-4-27(5-9-29)23-45(36-22-32(16-17-40-36)34-25-49-37(42-34)30-12-13-30)38(46)31-10-6-28(7-11-31)24-50-39(47)44-20-18-43(2)19-21-44/h14-17,22,25,27-31H,4-13,18-21,23-24H2,1-3H3. The molecule has 4 fully saturated rings. The van der Waals surface area contributed by atoms with Crippen LogP contribution < -0.4 is 9.64 Å². The van der Waals surface area contributed by atoms with Gasteiger partial charge in [0.1, 0.15) is 23.5 Å². The molecule has 11 heteroatoms. The van der Waals surface area contributed by atoms with Crippen molar-refractivity contribution < 1.29 is 23.5 Å². The summed E-state index contributed by atoms with van der Waals surface area (Å²) in [4.78, 5) is 47.5. The second kappa shape index (κ2) is 15.5. The maximum Gasteiger partial charge on any atom is 0.409 e. The monoisotopic (exact) mass is 684 g/mol. The van der Waals surface area contributed by atoms with Crippen LogP contribution in [0.1, 0.15) is 93.3 Å². The van der Waals surface area contributed by atoms with Crippen molar-refractivity contribution in [3.8, 4) is 17.0 Å². The Morgan fingerprint density at radius 1 is 0.900 bits per heavy atom. The number of hydrogen-bond acceptors (Lipinski definition) is 9. The zero-order chi connectivity index (χ0) is 34.6. The molecule has 11 nitrogen and oxygen atoms in total. The predicted octanol–water partition coefficient (Wildman–Crippen LogP) is 6.82. The number of likely N-dealkylation sites (N-methyl/N-ethyl adjacent to an activating group) is 1. The van der Waals surface area contributed by atoms with Crippen LogP contribution >= 0.6 is 0 Å². The summed E-state index contributed by atoms with van der Waals surface area (Å²) in [7, 11) is 3.76. The van der Waals surface area contributed by atoms with E-state index in [0.29, 0.717) is 49.8 Å². The number of hydrogen-bond donors (Lipinski definition) is 0. The molecule has 0 bridgehead atoms. The molecular formula is C39H52N6O5. The first-order valence-corrected chi connectivity index (χ1v) is 18.7. The van der Waals surface area contributed by atoms with E-state index in [9.17, 15) is 9.59 Å². The van der Waals surface area contributed by atoms with Crippen LogP contribution in [0.4, 0.5) is 10.6 Å². The molecule has 0 unspecified atom stereocenters. The molecule has 4 aliphatic rings. The molecule has 50 heavy (non-hydrogen) atoms. The van der Waals surface area contributed by atoms with E-state index in [2.05, 4.69) is 18.0 Å². The van der Waals surface area contributed by atoms with Crippen LogP contribution in [0, 0.1) is 24.7 Å². The minimum atomic E-state index is -0.211. The molecular weight excluding hydrogens is 632 g/mol. The summed E-state index contributed by atoms with van der Waals surface area (Å²) >= 11 is 0. The largest absolute Gasteiger partial charge is 0.495 e. The number of aryl methyl sites for hydroxylation is 1. The van der Waals surface area contributed by atoms with E-state index in [1.807, 2.05) is 34.9 Å². The lowest BCUT2D eigenvalue weighted by Crippen LogP contribution is -2.47. The summed E-state index contributed by atoms with van der Waals surface area (Å²) in [5.41, 5.74) is 3.76. The summed E-state index contributed by atoms with van der Waals surface area (Å²) in [6, 6.07) is 8.08. The Balaban J connectivity index is 1.01. The van der Waals surface area contributed by atoms with Gasteiger partial charge in [-0.3, -0.25) is 14.7 Å². The molecule has 3 aromatic rings. The van der Waals surface area contributed by atoms with Crippen LogP contribution in [0.3, 0.4) is 0 Å². The average Bonchev–Trinajstić information content (AvgIpc) is 3.89. The van der Waals surface area contributed by atoms with E-state index >= 15 is 0 Å². The van der Waals surface area contributed by atoms with Crippen molar-refractivity contribution in [2.24, 2.45) is 17.8 Å². The molecule has 3 aliphatic carbocycles. The van der Waals surface area contributed by atoms with Crippen molar-refractivity contribution >= 4 is 17.8 Å². The highest BCUT2D eigenvalue weighted by molar-refractivity contribution is 5.94. The second-order valence-corrected chi connectivity index (χ2v) is 15.0. The Hall–Kier alpha value is -3.99. The molecule has 2 amide bonds. The van der Waals surface area contributed by atoms with Crippen LogP contribution in [0.5, 0.6) is 5.75 Å². The van der Waals surface area contributed by atoms with Crippen LogP contribution in [-0.2, 0) is 9.53 Å². The molecule has 268 valence electrons. The molecule has 1 saturated heterocycles. The van der Waals surface area contributed by atoms with Crippen molar-refractivity contribution in [3.05, 3.63) is 54.0 Å². The van der Waals surface area contributed by atoms with E-state index in [4.69, 9.17) is 28.8 Å². The number of piperazine rings is 1. The number of methoxy groups -OCH3 is 1. The van der Waals surface area contributed by atoms with Crippen LogP contribution in [-0.4, -0.2) is 90.2 Å². The van der Waals surface area contributed by atoms with Gasteiger partial charge in [0, 0.05) is 67.9 Å². The summed E-state index contributed by atoms with van der Waals surface area (Å²) in [6.45, 7) is 6.23. The van der Waals surface area contributed by atoms with Crippen molar-refractivity contribution in [2.75, 3.05) is 58.4 Å². The molecule has 7 rings (SSSR count). The normalized spacial score (nSPS) is 24.5. The van der Waals surface area contributed by atoms with Crippen molar-refractivity contribution in [2.45, 2.75) is 83.0 Å². The Morgan fingerprint density at radius 2 is 1.62 bits per heavy atom. The van der Waals surface area contributed by atoms with Gasteiger partial charge in [-0.2, -0.15) is 0 Å². The zero-order valence-corrected chi connectivity index (χ0v) is 29.9. The third-order valence-corrected chi connectivity index (χ3v) is 11.4. The SMILES string of the molecule is COc1ccc(C2CCC(CN(C(=O)C3CCC(COC(=O)N4CCN(C)CC4)CC3)c3cc(-c4coc(C5CC5)n4)ccn3)CC2)nc1C.